The summed E-state index contributed by atoms with van der Waals surface area (Å²) in [6.45, 7) is 7.14. The first-order valence-electron chi connectivity index (χ1n) is 14.7. The molecule has 2 aromatic carbocycles. The fourth-order valence-electron chi connectivity index (χ4n) is 7.29. The summed E-state index contributed by atoms with van der Waals surface area (Å²) in [5.41, 5.74) is 2.20. The van der Waals surface area contributed by atoms with E-state index in [0.29, 0.717) is 36.8 Å². The van der Waals surface area contributed by atoms with Gasteiger partial charge in [-0.2, -0.15) is 0 Å². The third-order valence-corrected chi connectivity index (χ3v) is 11.1. The van der Waals surface area contributed by atoms with E-state index in [1.165, 1.54) is 11.8 Å². The van der Waals surface area contributed by atoms with Gasteiger partial charge in [0.15, 0.2) is 0 Å². The molecule has 0 bridgehead atoms. The van der Waals surface area contributed by atoms with Crippen molar-refractivity contribution in [3.05, 3.63) is 77.4 Å². The van der Waals surface area contributed by atoms with E-state index < -0.39 is 27.4 Å². The van der Waals surface area contributed by atoms with E-state index in [2.05, 4.69) is 0 Å². The number of ether oxygens (including phenoxy) is 1. The molecule has 0 aromatic heterocycles. The van der Waals surface area contributed by atoms with E-state index in [1.54, 1.807) is 20.8 Å². The van der Waals surface area contributed by atoms with Gasteiger partial charge in [-0.25, -0.2) is 0 Å². The van der Waals surface area contributed by atoms with Gasteiger partial charge in [-0.05, 0) is 63.1 Å². The predicted octanol–water partition coefficient (Wildman–Crippen LogP) is 4.62. The molecule has 4 heterocycles. The molecule has 0 radical (unpaired) electrons. The first kappa shape index (κ1) is 29.8. The Kier molecular flexibility index (Phi) is 7.85. The quantitative estimate of drug-likeness (QED) is 0.454. The van der Waals surface area contributed by atoms with Crippen molar-refractivity contribution in [3.8, 4) is 5.75 Å². The summed E-state index contributed by atoms with van der Waals surface area (Å²) in [4.78, 5) is 48.7. The summed E-state index contributed by atoms with van der Waals surface area (Å²) >= 11 is 8.18. The molecule has 43 heavy (non-hydrogen) atoms. The molecule has 0 aliphatic carbocycles. The second kappa shape index (κ2) is 11.3. The van der Waals surface area contributed by atoms with Gasteiger partial charge in [-0.3, -0.25) is 14.4 Å². The number of carbonyl (C=O) groups excluding carboxylic acids is 3. The second-order valence-corrected chi connectivity index (χ2v) is 13.8. The molecule has 3 amide bonds. The van der Waals surface area contributed by atoms with Crippen LogP contribution in [0.25, 0.3) is 0 Å². The highest BCUT2D eigenvalue weighted by Crippen LogP contribution is 2.65. The number of thioether (sulfide) groups is 1. The molecule has 4 aliphatic rings. The second-order valence-electron chi connectivity index (χ2n) is 11.6. The molecule has 226 valence electrons. The SMILES string of the molecule is CCOc1ccc(N2CC=C[C@@]3(C)S[C@]45C=CCN(c6c(C)cccc6Cl)C(=O)C4N(CCCO)C(=O)[C@@H]5[C@H]3C2=O)cc1. The molecule has 1 unspecified atom stereocenters. The van der Waals surface area contributed by atoms with Crippen LogP contribution in [0, 0.1) is 18.8 Å². The number of fused-ring (bicyclic) bond motifs is 2. The standard InChI is InChI=1S/C33H36ClN3O5S/c1-4-42-23-13-11-22(12-14-23)35-17-6-15-32(3)25(29(35)39)26-30(40)37(19-8-20-38)28-31(41)36(18-7-16-33(26,28)43-32)27-21(2)9-5-10-24(27)34/h5-7,9-16,25-26,28,38H,4,8,17-20H2,1-3H3/t25-,26-,28?,32+,33-/m0/s1. The molecule has 1 N–H and O–H groups in total. The maximum absolute atomic E-state index is 14.7. The summed E-state index contributed by atoms with van der Waals surface area (Å²) in [6, 6.07) is 12.1. The monoisotopic (exact) mass is 621 g/mol. The van der Waals surface area contributed by atoms with Crippen LogP contribution in [-0.4, -0.2) is 76.1 Å². The summed E-state index contributed by atoms with van der Waals surface area (Å²) in [5, 5.41) is 10.2. The lowest BCUT2D eigenvalue weighted by Gasteiger charge is -2.37. The van der Waals surface area contributed by atoms with Crippen LogP contribution >= 0.6 is 23.4 Å². The average Bonchev–Trinajstić information content (AvgIpc) is 3.24. The minimum Gasteiger partial charge on any atom is -0.494 e. The van der Waals surface area contributed by atoms with E-state index in [1.807, 2.05) is 81.5 Å². The molecule has 6 rings (SSSR count). The zero-order valence-electron chi connectivity index (χ0n) is 24.5. The number of aryl methyl sites for hydroxylation is 1. The Balaban J connectivity index is 1.44. The highest BCUT2D eigenvalue weighted by atomic mass is 35.5. The number of carbonyl (C=O) groups is 3. The molecule has 0 saturated carbocycles. The van der Waals surface area contributed by atoms with Crippen molar-refractivity contribution in [3.63, 3.8) is 0 Å². The Morgan fingerprint density at radius 3 is 2.40 bits per heavy atom. The van der Waals surface area contributed by atoms with E-state index in [9.17, 15) is 19.5 Å². The first-order chi connectivity index (χ1) is 20.7. The first-order valence-corrected chi connectivity index (χ1v) is 15.9. The van der Waals surface area contributed by atoms with Crippen molar-refractivity contribution in [1.29, 1.82) is 0 Å². The number of anilines is 2. The fourth-order valence-corrected chi connectivity index (χ4v) is 9.77. The van der Waals surface area contributed by atoms with Crippen molar-refractivity contribution < 1.29 is 24.2 Å². The lowest BCUT2D eigenvalue weighted by atomic mass is 9.74. The van der Waals surface area contributed by atoms with Gasteiger partial charge in [0, 0.05) is 36.7 Å². The lowest BCUT2D eigenvalue weighted by Crippen LogP contribution is -2.53. The number of aliphatic hydroxyl groups excluding tert-OH is 1. The van der Waals surface area contributed by atoms with Crippen LogP contribution in [-0.2, 0) is 14.4 Å². The summed E-state index contributed by atoms with van der Waals surface area (Å²) in [7, 11) is 0. The molecule has 10 heteroatoms. The number of aliphatic hydroxyl groups is 1. The Bertz CT molecular complexity index is 1490. The van der Waals surface area contributed by atoms with Crippen LogP contribution in [0.2, 0.25) is 5.02 Å². The highest BCUT2D eigenvalue weighted by Gasteiger charge is 2.74. The van der Waals surface area contributed by atoms with Gasteiger partial charge in [-0.1, -0.05) is 48.0 Å². The number of amides is 3. The lowest BCUT2D eigenvalue weighted by molar-refractivity contribution is -0.139. The van der Waals surface area contributed by atoms with Crippen molar-refractivity contribution in [2.45, 2.75) is 42.7 Å². The number of hydrogen-bond acceptors (Lipinski definition) is 6. The maximum Gasteiger partial charge on any atom is 0.251 e. The third kappa shape index (κ3) is 4.67. The minimum atomic E-state index is -0.977. The zero-order valence-corrected chi connectivity index (χ0v) is 26.1. The fraction of sp³-hybridized carbons (Fsp3) is 0.424. The molecular formula is C33H36ClN3O5S. The Labute approximate surface area is 261 Å². The zero-order chi connectivity index (χ0) is 30.5. The third-order valence-electron chi connectivity index (χ3n) is 9.03. The average molecular weight is 622 g/mol. The van der Waals surface area contributed by atoms with Gasteiger partial charge < -0.3 is 24.5 Å². The number of para-hydroxylation sites is 1. The van der Waals surface area contributed by atoms with Gasteiger partial charge >= 0.3 is 0 Å². The summed E-state index contributed by atoms with van der Waals surface area (Å²) in [5.74, 6) is -1.36. The normalized spacial score (nSPS) is 29.8. The van der Waals surface area contributed by atoms with Gasteiger partial charge in [0.05, 0.1) is 33.9 Å². The Morgan fingerprint density at radius 1 is 0.977 bits per heavy atom. The predicted molar refractivity (Wildman–Crippen MR) is 170 cm³/mol. The molecule has 1 spiro atoms. The van der Waals surface area contributed by atoms with Crippen molar-refractivity contribution in [2.24, 2.45) is 11.8 Å². The molecule has 2 fully saturated rings. The number of nitrogens with zero attached hydrogens (tertiary/aromatic N) is 3. The molecule has 2 aromatic rings. The largest absolute Gasteiger partial charge is 0.494 e. The molecular weight excluding hydrogens is 586 g/mol. The molecule has 5 atom stereocenters. The topological polar surface area (TPSA) is 90.4 Å². The maximum atomic E-state index is 14.7. The Hall–Kier alpha value is -3.27. The van der Waals surface area contributed by atoms with Gasteiger partial charge in [-0.15, -0.1) is 11.8 Å². The van der Waals surface area contributed by atoms with E-state index in [-0.39, 0.29) is 30.9 Å². The van der Waals surface area contributed by atoms with E-state index in [4.69, 9.17) is 16.3 Å². The number of benzene rings is 2. The van der Waals surface area contributed by atoms with Crippen LogP contribution in [0.4, 0.5) is 11.4 Å². The number of likely N-dealkylation sites (tertiary alicyclic amines) is 1. The van der Waals surface area contributed by atoms with E-state index in [0.717, 1.165) is 17.0 Å². The smallest absolute Gasteiger partial charge is 0.251 e. The van der Waals surface area contributed by atoms with Gasteiger partial charge in [0.1, 0.15) is 11.8 Å². The summed E-state index contributed by atoms with van der Waals surface area (Å²) < 4.78 is 3.89. The van der Waals surface area contributed by atoms with Crippen LogP contribution in [0.15, 0.2) is 66.8 Å². The van der Waals surface area contributed by atoms with Crippen molar-refractivity contribution in [1.82, 2.24) is 4.90 Å². The number of rotatable bonds is 7. The summed E-state index contributed by atoms with van der Waals surface area (Å²) in [6.07, 6.45) is 8.30. The van der Waals surface area contributed by atoms with Crippen molar-refractivity contribution >= 4 is 52.5 Å². The van der Waals surface area contributed by atoms with Crippen molar-refractivity contribution in [2.75, 3.05) is 42.6 Å². The van der Waals surface area contributed by atoms with Crippen LogP contribution in [0.1, 0.15) is 25.8 Å². The number of hydrogen-bond donors (Lipinski definition) is 1. The molecule has 4 aliphatic heterocycles. The molecule has 8 nitrogen and oxygen atoms in total. The van der Waals surface area contributed by atoms with Gasteiger partial charge in [0.2, 0.25) is 11.8 Å². The minimum absolute atomic E-state index is 0.118. The van der Waals surface area contributed by atoms with Gasteiger partial charge in [0.25, 0.3) is 5.91 Å². The van der Waals surface area contributed by atoms with Crippen LogP contribution in [0.3, 0.4) is 0 Å². The molecule has 2 saturated heterocycles. The number of halogens is 1. The Morgan fingerprint density at radius 2 is 1.70 bits per heavy atom. The van der Waals surface area contributed by atoms with E-state index >= 15 is 0 Å². The highest BCUT2D eigenvalue weighted by molar-refractivity contribution is 8.02. The van der Waals surface area contributed by atoms with Crippen LogP contribution in [0.5, 0.6) is 5.75 Å². The van der Waals surface area contributed by atoms with Crippen LogP contribution < -0.4 is 14.5 Å².